The number of H-pyrrole nitrogens is 1. The summed E-state index contributed by atoms with van der Waals surface area (Å²) in [6, 6.07) is 0. The van der Waals surface area contributed by atoms with Crippen molar-refractivity contribution in [3.05, 3.63) is 21.7 Å². The van der Waals surface area contributed by atoms with Crippen molar-refractivity contribution in [3.63, 3.8) is 0 Å². The Morgan fingerprint density at radius 2 is 2.06 bits per heavy atom. The van der Waals surface area contributed by atoms with E-state index in [0.717, 1.165) is 19.3 Å². The van der Waals surface area contributed by atoms with Crippen LogP contribution < -0.4 is 5.56 Å². The van der Waals surface area contributed by atoms with E-state index in [1.165, 1.54) is 0 Å². The fourth-order valence-corrected chi connectivity index (χ4v) is 1.89. The molecule has 0 aromatic carbocycles. The zero-order chi connectivity index (χ0) is 13.5. The predicted octanol–water partition coefficient (Wildman–Crippen LogP) is 2.31. The molecule has 0 amide bonds. The number of nitrogens with zero attached hydrogens (tertiary/aromatic N) is 1. The quantitative estimate of drug-likeness (QED) is 0.783. The second-order valence-electron chi connectivity index (χ2n) is 4.24. The van der Waals surface area contributed by atoms with Gasteiger partial charge in [-0.05, 0) is 19.8 Å². The lowest BCUT2D eigenvalue weighted by Gasteiger charge is -2.16. The van der Waals surface area contributed by atoms with Crippen LogP contribution in [0.4, 0.5) is 0 Å². The van der Waals surface area contributed by atoms with Crippen molar-refractivity contribution in [2.24, 2.45) is 0 Å². The molecule has 0 aliphatic heterocycles. The number of aromatic amines is 1. The van der Waals surface area contributed by atoms with E-state index in [2.05, 4.69) is 9.97 Å². The maximum Gasteiger partial charge on any atom is 0.258 e. The molecular weight excluding hydrogens is 232 g/mol. The van der Waals surface area contributed by atoms with Gasteiger partial charge in [0.15, 0.2) is 0 Å². The average molecular weight is 254 g/mol. The largest absolute Gasteiger partial charge is 0.493 e. The number of nitrogens with one attached hydrogen (secondary N) is 1. The van der Waals surface area contributed by atoms with Crippen molar-refractivity contribution < 1.29 is 9.84 Å². The monoisotopic (exact) mass is 254 g/mol. The minimum atomic E-state index is -0.264. The van der Waals surface area contributed by atoms with E-state index in [9.17, 15) is 9.90 Å². The Kier molecular flexibility index (Phi) is 5.85. The molecule has 0 fully saturated rings. The van der Waals surface area contributed by atoms with Crippen molar-refractivity contribution in [1.82, 2.24) is 9.97 Å². The molecular formula is C13H22N2O3. The first-order chi connectivity index (χ1) is 8.63. The molecule has 1 atom stereocenters. The van der Waals surface area contributed by atoms with Gasteiger partial charge in [-0.3, -0.25) is 4.79 Å². The maximum absolute atomic E-state index is 11.9. The first kappa shape index (κ1) is 14.7. The molecule has 1 heterocycles. The molecule has 1 aromatic rings. The molecule has 1 rings (SSSR count). The van der Waals surface area contributed by atoms with Gasteiger partial charge in [-0.2, -0.15) is 4.98 Å². The highest BCUT2D eigenvalue weighted by molar-refractivity contribution is 5.23. The number of hydrogen-bond acceptors (Lipinski definition) is 4. The van der Waals surface area contributed by atoms with Gasteiger partial charge >= 0.3 is 0 Å². The third-order valence-corrected chi connectivity index (χ3v) is 2.74. The zero-order valence-electron chi connectivity index (χ0n) is 11.3. The molecule has 5 nitrogen and oxygen atoms in total. The Hall–Kier alpha value is -1.36. The fraction of sp³-hybridized carbons (Fsp3) is 0.692. The summed E-state index contributed by atoms with van der Waals surface area (Å²) < 4.78 is 5.53. The van der Waals surface area contributed by atoms with Gasteiger partial charge in [0.1, 0.15) is 11.9 Å². The van der Waals surface area contributed by atoms with E-state index in [4.69, 9.17) is 4.74 Å². The highest BCUT2D eigenvalue weighted by Gasteiger charge is 2.17. The summed E-state index contributed by atoms with van der Waals surface area (Å²) in [6.45, 7) is 6.43. The highest BCUT2D eigenvalue weighted by atomic mass is 16.5. The van der Waals surface area contributed by atoms with Crippen LogP contribution in [0.1, 0.15) is 57.5 Å². The van der Waals surface area contributed by atoms with E-state index in [1.54, 1.807) is 0 Å². The van der Waals surface area contributed by atoms with Crippen molar-refractivity contribution >= 4 is 0 Å². The summed E-state index contributed by atoms with van der Waals surface area (Å²) in [4.78, 5) is 18.6. The maximum atomic E-state index is 11.9. The third-order valence-electron chi connectivity index (χ3n) is 2.74. The van der Waals surface area contributed by atoms with Gasteiger partial charge < -0.3 is 14.8 Å². The van der Waals surface area contributed by atoms with Crippen LogP contribution in [0, 0.1) is 0 Å². The molecule has 1 unspecified atom stereocenters. The Morgan fingerprint density at radius 3 is 2.56 bits per heavy atom. The van der Waals surface area contributed by atoms with Crippen LogP contribution in [0.3, 0.4) is 0 Å². The summed E-state index contributed by atoms with van der Waals surface area (Å²) >= 11 is 0. The van der Waals surface area contributed by atoms with Gasteiger partial charge in [0.05, 0.1) is 5.56 Å². The second-order valence-corrected chi connectivity index (χ2v) is 4.24. The fourth-order valence-electron chi connectivity index (χ4n) is 1.89. The lowest BCUT2D eigenvalue weighted by Crippen LogP contribution is -2.20. The average Bonchev–Trinajstić information content (AvgIpc) is 2.33. The van der Waals surface area contributed by atoms with Crippen LogP contribution >= 0.6 is 0 Å². The lowest BCUT2D eigenvalue weighted by atomic mass is 10.1. The van der Waals surface area contributed by atoms with Crippen LogP contribution in [0.5, 0.6) is 5.88 Å². The van der Waals surface area contributed by atoms with E-state index in [-0.39, 0.29) is 17.5 Å². The van der Waals surface area contributed by atoms with Gasteiger partial charge in [-0.1, -0.05) is 26.7 Å². The Morgan fingerprint density at radius 1 is 1.33 bits per heavy atom. The van der Waals surface area contributed by atoms with Crippen LogP contribution in [0.15, 0.2) is 4.79 Å². The molecule has 102 valence electrons. The molecule has 18 heavy (non-hydrogen) atoms. The number of aromatic nitrogens is 2. The van der Waals surface area contributed by atoms with Crippen LogP contribution in [0.25, 0.3) is 0 Å². The summed E-state index contributed by atoms with van der Waals surface area (Å²) in [5, 5.41) is 9.80. The minimum absolute atomic E-state index is 0.170. The van der Waals surface area contributed by atoms with Gasteiger partial charge in [0.2, 0.25) is 5.88 Å². The molecule has 0 radical (unpaired) electrons. The van der Waals surface area contributed by atoms with Crippen molar-refractivity contribution in [2.45, 2.75) is 52.6 Å². The van der Waals surface area contributed by atoms with Gasteiger partial charge in [-0.15, -0.1) is 0 Å². The SMILES string of the molecule is CCCc1c(O)nc(C(CCC)OCC)[nH]c1=O. The molecule has 1 aromatic heterocycles. The van der Waals surface area contributed by atoms with Crippen molar-refractivity contribution in [1.29, 1.82) is 0 Å². The molecule has 5 heteroatoms. The third kappa shape index (κ3) is 3.57. The van der Waals surface area contributed by atoms with Crippen molar-refractivity contribution in [2.75, 3.05) is 6.61 Å². The summed E-state index contributed by atoms with van der Waals surface area (Å²) in [5.41, 5.74) is 0.0909. The molecule has 0 aliphatic rings. The summed E-state index contributed by atoms with van der Waals surface area (Å²) in [5.74, 6) is 0.248. The Bertz CT molecular complexity index is 423. The first-order valence-corrected chi connectivity index (χ1v) is 6.57. The highest BCUT2D eigenvalue weighted by Crippen LogP contribution is 2.21. The van der Waals surface area contributed by atoms with Gasteiger partial charge in [0, 0.05) is 6.61 Å². The topological polar surface area (TPSA) is 75.2 Å². The van der Waals surface area contributed by atoms with E-state index >= 15 is 0 Å². The lowest BCUT2D eigenvalue weighted by molar-refractivity contribution is 0.0487. The van der Waals surface area contributed by atoms with Crippen LogP contribution in [0.2, 0.25) is 0 Å². The first-order valence-electron chi connectivity index (χ1n) is 6.57. The predicted molar refractivity (Wildman–Crippen MR) is 69.8 cm³/mol. The van der Waals surface area contributed by atoms with Gasteiger partial charge in [0.25, 0.3) is 5.56 Å². The van der Waals surface area contributed by atoms with Gasteiger partial charge in [-0.25, -0.2) is 0 Å². The summed E-state index contributed by atoms with van der Waals surface area (Å²) in [6.07, 6.45) is 2.76. The molecule has 0 aliphatic carbocycles. The molecule has 0 saturated carbocycles. The smallest absolute Gasteiger partial charge is 0.258 e. The minimum Gasteiger partial charge on any atom is -0.493 e. The molecule has 2 N–H and O–H groups in total. The van der Waals surface area contributed by atoms with E-state index < -0.39 is 0 Å². The van der Waals surface area contributed by atoms with E-state index in [1.807, 2.05) is 20.8 Å². The standard InChI is InChI=1S/C13H22N2O3/c1-4-7-9-12(16)14-11(15-13(9)17)10(8-5-2)18-6-3/h10H,4-8H2,1-3H3,(H2,14,15,16,17). The summed E-state index contributed by atoms with van der Waals surface area (Å²) in [7, 11) is 0. The van der Waals surface area contributed by atoms with Crippen LogP contribution in [-0.4, -0.2) is 21.7 Å². The van der Waals surface area contributed by atoms with Crippen LogP contribution in [-0.2, 0) is 11.2 Å². The molecule has 0 spiro atoms. The molecule has 0 saturated heterocycles. The Labute approximate surface area is 107 Å². The zero-order valence-corrected chi connectivity index (χ0v) is 11.3. The second kappa shape index (κ2) is 7.16. The number of aromatic hydroxyl groups is 1. The normalized spacial score (nSPS) is 12.6. The molecule has 0 bridgehead atoms. The number of ether oxygens (including phenoxy) is 1. The Balaban J connectivity index is 3.06. The number of hydrogen-bond donors (Lipinski definition) is 2. The van der Waals surface area contributed by atoms with Crippen molar-refractivity contribution in [3.8, 4) is 5.88 Å². The number of rotatable bonds is 7. The van der Waals surface area contributed by atoms with E-state index in [0.29, 0.717) is 24.4 Å².